The van der Waals surface area contributed by atoms with Crippen molar-refractivity contribution in [1.82, 2.24) is 10.2 Å². The zero-order valence-corrected chi connectivity index (χ0v) is 15.0. The second kappa shape index (κ2) is 7.00. The third kappa shape index (κ3) is 3.27. The maximum Gasteiger partial charge on any atom is 0.253 e. The van der Waals surface area contributed by atoms with Crippen LogP contribution >= 0.6 is 0 Å². The van der Waals surface area contributed by atoms with Crippen LogP contribution in [0.15, 0.2) is 48.5 Å². The van der Waals surface area contributed by atoms with Crippen molar-refractivity contribution >= 4 is 5.91 Å². The molecule has 0 atom stereocenters. The molecule has 0 unspecified atom stereocenters. The Morgan fingerprint density at radius 3 is 2.58 bits per heavy atom. The summed E-state index contributed by atoms with van der Waals surface area (Å²) in [6.45, 7) is 2.92. The van der Waals surface area contributed by atoms with E-state index in [1.54, 1.807) is 7.11 Å². The van der Waals surface area contributed by atoms with Crippen molar-refractivity contribution in [3.63, 3.8) is 0 Å². The highest BCUT2D eigenvalue weighted by molar-refractivity contribution is 5.94. The minimum absolute atomic E-state index is 0.0598. The van der Waals surface area contributed by atoms with Gasteiger partial charge in [-0.15, -0.1) is 0 Å². The summed E-state index contributed by atoms with van der Waals surface area (Å²) in [7, 11) is 1.63. The number of hydrogen-bond acceptors (Lipinski definition) is 4. The number of fused-ring (bicyclic) bond motifs is 1. The summed E-state index contributed by atoms with van der Waals surface area (Å²) in [6.07, 6.45) is 1.78. The Morgan fingerprint density at radius 1 is 1.12 bits per heavy atom. The monoisotopic (exact) mass is 352 g/mol. The van der Waals surface area contributed by atoms with Crippen molar-refractivity contribution < 1.29 is 14.3 Å². The topological polar surface area (TPSA) is 50.8 Å². The molecule has 0 bridgehead atoms. The van der Waals surface area contributed by atoms with Gasteiger partial charge in [-0.2, -0.15) is 0 Å². The van der Waals surface area contributed by atoms with E-state index in [1.807, 2.05) is 47.4 Å². The minimum atomic E-state index is -0.0598. The molecule has 136 valence electrons. The molecule has 2 aliphatic heterocycles. The molecule has 0 radical (unpaired) electrons. The molecule has 26 heavy (non-hydrogen) atoms. The molecule has 1 spiro atoms. The van der Waals surface area contributed by atoms with Crippen molar-refractivity contribution in [3.8, 4) is 11.5 Å². The molecule has 2 aromatic carbocycles. The number of benzene rings is 2. The van der Waals surface area contributed by atoms with Gasteiger partial charge in [0.1, 0.15) is 18.1 Å². The van der Waals surface area contributed by atoms with Crippen molar-refractivity contribution in [2.24, 2.45) is 0 Å². The summed E-state index contributed by atoms with van der Waals surface area (Å²) in [4.78, 5) is 14.7. The van der Waals surface area contributed by atoms with Gasteiger partial charge in [0.05, 0.1) is 12.6 Å². The lowest BCUT2D eigenvalue weighted by molar-refractivity contribution is 0.0575. The smallest absolute Gasteiger partial charge is 0.253 e. The third-order valence-electron chi connectivity index (χ3n) is 5.48. The van der Waals surface area contributed by atoms with Crippen LogP contribution in [0.3, 0.4) is 0 Å². The Morgan fingerprint density at radius 2 is 1.85 bits per heavy atom. The first-order valence-corrected chi connectivity index (χ1v) is 9.08. The van der Waals surface area contributed by atoms with Crippen molar-refractivity contribution in [2.75, 3.05) is 26.8 Å². The van der Waals surface area contributed by atoms with Crippen LogP contribution < -0.4 is 14.8 Å². The standard InChI is InChI=1S/C21H24N2O3/c1-25-18-8-6-16(7-9-18)20(24)23-12-10-21(11-13-23)15-26-19-5-3-2-4-17(19)14-22-21/h2-9,22H,10-15H2,1H3. The fourth-order valence-corrected chi connectivity index (χ4v) is 3.72. The second-order valence-electron chi connectivity index (χ2n) is 7.05. The first-order chi connectivity index (χ1) is 12.7. The Hall–Kier alpha value is -2.53. The van der Waals surface area contributed by atoms with E-state index in [4.69, 9.17) is 9.47 Å². The van der Waals surface area contributed by atoms with Crippen LogP contribution in [0.4, 0.5) is 0 Å². The summed E-state index contributed by atoms with van der Waals surface area (Å²) in [6, 6.07) is 15.5. The highest BCUT2D eigenvalue weighted by atomic mass is 16.5. The lowest BCUT2D eigenvalue weighted by Gasteiger charge is -2.41. The van der Waals surface area contributed by atoms with Crippen LogP contribution in [-0.2, 0) is 6.54 Å². The molecule has 5 nitrogen and oxygen atoms in total. The molecule has 2 aromatic rings. The number of piperidine rings is 1. The van der Waals surface area contributed by atoms with E-state index in [1.165, 1.54) is 5.56 Å². The van der Waals surface area contributed by atoms with Gasteiger partial charge >= 0.3 is 0 Å². The van der Waals surface area contributed by atoms with Gasteiger partial charge in [-0.25, -0.2) is 0 Å². The Kier molecular flexibility index (Phi) is 4.55. The van der Waals surface area contributed by atoms with Crippen LogP contribution in [0, 0.1) is 0 Å². The van der Waals surface area contributed by atoms with E-state index < -0.39 is 0 Å². The average molecular weight is 352 g/mol. The van der Waals surface area contributed by atoms with Crippen LogP contribution in [-0.4, -0.2) is 43.2 Å². The van der Waals surface area contributed by atoms with Crippen molar-refractivity contribution in [1.29, 1.82) is 0 Å². The summed E-state index contributed by atoms with van der Waals surface area (Å²) < 4.78 is 11.2. The third-order valence-corrected chi connectivity index (χ3v) is 5.48. The number of likely N-dealkylation sites (tertiary alicyclic amines) is 1. The molecule has 0 aliphatic carbocycles. The number of methoxy groups -OCH3 is 1. The van der Waals surface area contributed by atoms with Gasteiger partial charge in [0.25, 0.3) is 5.91 Å². The number of carbonyl (C=O) groups excluding carboxylic acids is 1. The van der Waals surface area contributed by atoms with E-state index in [2.05, 4.69) is 11.4 Å². The lowest BCUT2D eigenvalue weighted by Crippen LogP contribution is -2.56. The zero-order chi connectivity index (χ0) is 18.0. The number of rotatable bonds is 2. The molecule has 1 N–H and O–H groups in total. The lowest BCUT2D eigenvalue weighted by atomic mass is 9.88. The number of para-hydroxylation sites is 1. The predicted molar refractivity (Wildman–Crippen MR) is 99.6 cm³/mol. The molecular weight excluding hydrogens is 328 g/mol. The van der Waals surface area contributed by atoms with E-state index in [9.17, 15) is 4.79 Å². The highest BCUT2D eigenvalue weighted by Crippen LogP contribution is 2.30. The number of ether oxygens (including phenoxy) is 2. The Labute approximate surface area is 153 Å². The Bertz CT molecular complexity index is 751. The van der Waals surface area contributed by atoms with E-state index in [0.717, 1.165) is 44.0 Å². The average Bonchev–Trinajstić information content (AvgIpc) is 2.89. The molecule has 2 heterocycles. The molecular formula is C21H24N2O3. The van der Waals surface area contributed by atoms with E-state index in [0.29, 0.717) is 12.2 Å². The van der Waals surface area contributed by atoms with Crippen LogP contribution in [0.1, 0.15) is 28.8 Å². The van der Waals surface area contributed by atoms with Gasteiger partial charge in [0, 0.05) is 30.8 Å². The molecule has 1 saturated heterocycles. The van der Waals surface area contributed by atoms with Gasteiger partial charge in [-0.05, 0) is 43.2 Å². The summed E-state index contributed by atoms with van der Waals surface area (Å²) in [5.41, 5.74) is 1.84. The van der Waals surface area contributed by atoms with Crippen LogP contribution in [0.2, 0.25) is 0 Å². The minimum Gasteiger partial charge on any atom is -0.497 e. The normalized spacial score (nSPS) is 18.6. The molecule has 1 fully saturated rings. The molecule has 0 saturated carbocycles. The summed E-state index contributed by atoms with van der Waals surface area (Å²) in [5.74, 6) is 1.81. The number of nitrogens with one attached hydrogen (secondary N) is 1. The number of hydrogen-bond donors (Lipinski definition) is 1. The second-order valence-corrected chi connectivity index (χ2v) is 7.05. The number of amides is 1. The van der Waals surface area contributed by atoms with E-state index in [-0.39, 0.29) is 11.4 Å². The molecule has 0 aromatic heterocycles. The maximum absolute atomic E-state index is 12.8. The molecule has 4 rings (SSSR count). The summed E-state index contributed by atoms with van der Waals surface area (Å²) >= 11 is 0. The molecule has 1 amide bonds. The van der Waals surface area contributed by atoms with E-state index >= 15 is 0 Å². The van der Waals surface area contributed by atoms with Gasteiger partial charge in [-0.3, -0.25) is 4.79 Å². The fourth-order valence-electron chi connectivity index (χ4n) is 3.72. The van der Waals surface area contributed by atoms with Crippen LogP contribution in [0.5, 0.6) is 11.5 Å². The predicted octanol–water partition coefficient (Wildman–Crippen LogP) is 2.85. The SMILES string of the molecule is COc1ccc(C(=O)N2CCC3(CC2)COc2ccccc2CN3)cc1. The first-order valence-electron chi connectivity index (χ1n) is 9.08. The van der Waals surface area contributed by atoms with Gasteiger partial charge in [0.15, 0.2) is 0 Å². The van der Waals surface area contributed by atoms with Gasteiger partial charge in [-0.1, -0.05) is 18.2 Å². The number of carbonyl (C=O) groups is 1. The van der Waals surface area contributed by atoms with Crippen molar-refractivity contribution in [3.05, 3.63) is 59.7 Å². The van der Waals surface area contributed by atoms with Gasteiger partial charge in [0.2, 0.25) is 0 Å². The Balaban J connectivity index is 1.40. The number of nitrogens with zero attached hydrogens (tertiary/aromatic N) is 1. The highest BCUT2D eigenvalue weighted by Gasteiger charge is 2.38. The largest absolute Gasteiger partial charge is 0.497 e. The first kappa shape index (κ1) is 16.9. The van der Waals surface area contributed by atoms with Crippen molar-refractivity contribution in [2.45, 2.75) is 24.9 Å². The summed E-state index contributed by atoms with van der Waals surface area (Å²) in [5, 5.41) is 3.69. The maximum atomic E-state index is 12.8. The molecule has 5 heteroatoms. The van der Waals surface area contributed by atoms with Crippen LogP contribution in [0.25, 0.3) is 0 Å². The zero-order valence-electron chi connectivity index (χ0n) is 15.0. The quantitative estimate of drug-likeness (QED) is 0.903. The fraction of sp³-hybridized carbons (Fsp3) is 0.381. The molecule has 2 aliphatic rings. The van der Waals surface area contributed by atoms with Gasteiger partial charge < -0.3 is 19.7 Å².